The molecule has 0 aliphatic heterocycles. The van der Waals surface area contributed by atoms with Crippen molar-refractivity contribution in [1.29, 1.82) is 0 Å². The maximum absolute atomic E-state index is 2.43. The normalized spacial score (nSPS) is 11.4. The SMILES string of the molecule is c1ccc(-c2ccc3c(c2)sc2c(N(c4ccc(-c5cccc(-c6cc7ccccc7c7ccccc67)c5)cc4)c4ccc(-c5ccccc5-c5ccccc5)cc4)cccc23)cc1. The first-order valence-electron chi connectivity index (χ1n) is 21.9. The Morgan fingerprint density at radius 2 is 0.766 bits per heavy atom. The van der Waals surface area contributed by atoms with Gasteiger partial charge in [-0.1, -0.05) is 200 Å². The monoisotopic (exact) mass is 831 g/mol. The lowest BCUT2D eigenvalue weighted by molar-refractivity contribution is 1.30. The van der Waals surface area contributed by atoms with E-state index in [1.165, 1.54) is 97.4 Å². The molecule has 0 fully saturated rings. The average Bonchev–Trinajstić information content (AvgIpc) is 3.76. The lowest BCUT2D eigenvalue weighted by atomic mass is 9.92. The minimum atomic E-state index is 1.10. The van der Waals surface area contributed by atoms with E-state index in [1.54, 1.807) is 0 Å². The van der Waals surface area contributed by atoms with Crippen LogP contribution in [0.5, 0.6) is 0 Å². The van der Waals surface area contributed by atoms with Crippen molar-refractivity contribution in [2.75, 3.05) is 4.90 Å². The number of hydrogen-bond donors (Lipinski definition) is 0. The third-order valence-corrected chi connectivity index (χ3v) is 13.9. The van der Waals surface area contributed by atoms with Gasteiger partial charge in [-0.15, -0.1) is 11.3 Å². The van der Waals surface area contributed by atoms with Gasteiger partial charge in [-0.2, -0.15) is 0 Å². The lowest BCUT2D eigenvalue weighted by Gasteiger charge is -2.26. The standard InChI is InChI=1S/C62H41NS/c1-3-15-42(16-4-1)47-33-38-57-58-27-14-28-60(62(58)64-61(57)41-47)63(51-36-31-45(32-37-51)53-23-10-9-22-52(53)44-17-5-2-6-18-44)50-34-29-43(30-35-50)46-20-13-21-48(39-46)59-40-49-19-7-8-24-54(49)55-25-11-12-26-56(55)59/h1-41H. The summed E-state index contributed by atoms with van der Waals surface area (Å²) < 4.78 is 2.55. The van der Waals surface area contributed by atoms with Gasteiger partial charge in [-0.25, -0.2) is 0 Å². The Balaban J connectivity index is 0.967. The molecule has 0 amide bonds. The van der Waals surface area contributed by atoms with E-state index in [0.717, 1.165) is 17.1 Å². The fourth-order valence-electron chi connectivity index (χ4n) is 9.55. The first-order valence-corrected chi connectivity index (χ1v) is 22.7. The molecule has 0 N–H and O–H groups in total. The van der Waals surface area contributed by atoms with Gasteiger partial charge >= 0.3 is 0 Å². The maximum atomic E-state index is 2.43. The van der Waals surface area contributed by atoms with E-state index < -0.39 is 0 Å². The smallest absolute Gasteiger partial charge is 0.0640 e. The fraction of sp³-hybridized carbons (Fsp3) is 0. The summed E-state index contributed by atoms with van der Waals surface area (Å²) in [5, 5.41) is 7.64. The summed E-state index contributed by atoms with van der Waals surface area (Å²) in [4.78, 5) is 2.43. The highest BCUT2D eigenvalue weighted by molar-refractivity contribution is 7.26. The first-order chi connectivity index (χ1) is 31.7. The van der Waals surface area contributed by atoms with Crippen molar-refractivity contribution in [3.63, 3.8) is 0 Å². The van der Waals surface area contributed by atoms with Crippen molar-refractivity contribution in [1.82, 2.24) is 0 Å². The summed E-state index contributed by atoms with van der Waals surface area (Å²) in [5.74, 6) is 0. The second-order valence-corrected chi connectivity index (χ2v) is 17.5. The quantitative estimate of drug-likeness (QED) is 0.138. The molecular weight excluding hydrogens is 791 g/mol. The van der Waals surface area contributed by atoms with Crippen LogP contribution in [0, 0.1) is 0 Å². The second kappa shape index (κ2) is 16.0. The molecule has 12 aromatic rings. The molecule has 0 atom stereocenters. The van der Waals surface area contributed by atoms with Gasteiger partial charge in [0.2, 0.25) is 0 Å². The number of anilines is 3. The molecule has 0 bridgehead atoms. The van der Waals surface area contributed by atoms with Gasteiger partial charge in [-0.3, -0.25) is 0 Å². The summed E-state index contributed by atoms with van der Waals surface area (Å²) in [6, 6.07) is 90.8. The van der Waals surface area contributed by atoms with Crippen molar-refractivity contribution < 1.29 is 0 Å². The van der Waals surface area contributed by atoms with Crippen LogP contribution >= 0.6 is 11.3 Å². The van der Waals surface area contributed by atoms with Crippen LogP contribution in [0.1, 0.15) is 0 Å². The van der Waals surface area contributed by atoms with Gasteiger partial charge in [0.05, 0.1) is 10.4 Å². The molecule has 0 aliphatic rings. The molecule has 0 spiro atoms. The predicted octanol–water partition coefficient (Wildman–Crippen LogP) is 18.2. The van der Waals surface area contributed by atoms with Crippen LogP contribution in [0.2, 0.25) is 0 Å². The van der Waals surface area contributed by atoms with Crippen LogP contribution in [0.4, 0.5) is 17.1 Å². The minimum Gasteiger partial charge on any atom is -0.309 e. The number of benzene rings is 11. The van der Waals surface area contributed by atoms with Crippen molar-refractivity contribution >= 4 is 70.1 Å². The zero-order chi connectivity index (χ0) is 42.4. The van der Waals surface area contributed by atoms with E-state index in [9.17, 15) is 0 Å². The topological polar surface area (TPSA) is 3.24 Å². The number of hydrogen-bond acceptors (Lipinski definition) is 2. The van der Waals surface area contributed by atoms with E-state index >= 15 is 0 Å². The summed E-state index contributed by atoms with van der Waals surface area (Å²) in [6.07, 6.45) is 0. The lowest BCUT2D eigenvalue weighted by Crippen LogP contribution is -2.10. The van der Waals surface area contributed by atoms with Gasteiger partial charge < -0.3 is 4.90 Å². The third kappa shape index (κ3) is 6.73. The average molecular weight is 832 g/mol. The number of thiophene rings is 1. The summed E-state index contributed by atoms with van der Waals surface area (Å²) in [5.41, 5.74) is 15.5. The summed E-state index contributed by atoms with van der Waals surface area (Å²) in [7, 11) is 0. The van der Waals surface area contributed by atoms with Gasteiger partial charge in [0, 0.05) is 26.8 Å². The van der Waals surface area contributed by atoms with E-state index in [-0.39, 0.29) is 0 Å². The molecule has 11 aromatic carbocycles. The van der Waals surface area contributed by atoms with Crippen molar-refractivity contribution in [3.8, 4) is 55.6 Å². The molecule has 300 valence electrons. The molecule has 0 saturated heterocycles. The molecule has 0 unspecified atom stereocenters. The Morgan fingerprint density at radius 3 is 1.50 bits per heavy atom. The number of fused-ring (bicyclic) bond motifs is 6. The van der Waals surface area contributed by atoms with E-state index in [4.69, 9.17) is 0 Å². The third-order valence-electron chi connectivity index (χ3n) is 12.7. The highest BCUT2D eigenvalue weighted by Gasteiger charge is 2.20. The molecule has 0 aliphatic carbocycles. The largest absolute Gasteiger partial charge is 0.309 e. The molecule has 1 nitrogen and oxygen atoms in total. The Morgan fingerprint density at radius 1 is 0.266 bits per heavy atom. The Hall–Kier alpha value is -8.04. The van der Waals surface area contributed by atoms with E-state index in [0.29, 0.717) is 0 Å². The molecule has 2 heteroatoms. The summed E-state index contributed by atoms with van der Waals surface area (Å²) >= 11 is 1.87. The number of nitrogens with zero attached hydrogens (tertiary/aromatic N) is 1. The minimum absolute atomic E-state index is 1.10. The molecular formula is C62H41NS. The van der Waals surface area contributed by atoms with Crippen LogP contribution in [0.15, 0.2) is 249 Å². The van der Waals surface area contributed by atoms with Crippen LogP contribution < -0.4 is 4.90 Å². The fourth-order valence-corrected chi connectivity index (χ4v) is 10.8. The highest BCUT2D eigenvalue weighted by atomic mass is 32.1. The van der Waals surface area contributed by atoms with Crippen LogP contribution in [0.3, 0.4) is 0 Å². The molecule has 1 aromatic heterocycles. The van der Waals surface area contributed by atoms with Gasteiger partial charge in [0.15, 0.2) is 0 Å². The second-order valence-electron chi connectivity index (χ2n) is 16.4. The van der Waals surface area contributed by atoms with E-state index in [1.807, 2.05) is 11.3 Å². The maximum Gasteiger partial charge on any atom is 0.0640 e. The first kappa shape index (κ1) is 37.7. The molecule has 0 saturated carbocycles. The van der Waals surface area contributed by atoms with Crippen molar-refractivity contribution in [2.24, 2.45) is 0 Å². The van der Waals surface area contributed by atoms with Crippen LogP contribution in [-0.4, -0.2) is 0 Å². The van der Waals surface area contributed by atoms with Gasteiger partial charge in [0.25, 0.3) is 0 Å². The number of rotatable bonds is 8. The Kier molecular flexibility index (Phi) is 9.43. The molecule has 12 rings (SSSR count). The zero-order valence-electron chi connectivity index (χ0n) is 35.0. The van der Waals surface area contributed by atoms with Crippen molar-refractivity contribution in [2.45, 2.75) is 0 Å². The molecule has 0 radical (unpaired) electrons. The van der Waals surface area contributed by atoms with Crippen LogP contribution in [-0.2, 0) is 0 Å². The van der Waals surface area contributed by atoms with E-state index in [2.05, 4.69) is 254 Å². The predicted molar refractivity (Wildman–Crippen MR) is 276 cm³/mol. The summed E-state index contributed by atoms with van der Waals surface area (Å²) in [6.45, 7) is 0. The van der Waals surface area contributed by atoms with Crippen LogP contribution in [0.25, 0.3) is 97.4 Å². The molecule has 64 heavy (non-hydrogen) atoms. The highest BCUT2D eigenvalue weighted by Crippen LogP contribution is 2.46. The Bertz CT molecular complexity index is 3640. The molecule has 1 heterocycles. The zero-order valence-corrected chi connectivity index (χ0v) is 35.8. The van der Waals surface area contributed by atoms with Gasteiger partial charge in [-0.05, 0) is 126 Å². The Labute approximate surface area is 377 Å². The van der Waals surface area contributed by atoms with Gasteiger partial charge in [0.1, 0.15) is 0 Å². The van der Waals surface area contributed by atoms with Crippen molar-refractivity contribution in [3.05, 3.63) is 249 Å².